The Morgan fingerprint density at radius 1 is 0.676 bits per heavy atom. The predicted octanol–water partition coefficient (Wildman–Crippen LogP) is 5.72. The van der Waals surface area contributed by atoms with Gasteiger partial charge in [0.05, 0.1) is 0 Å². The molecule has 2 aromatic carbocycles. The molecule has 0 saturated heterocycles. The van der Waals surface area contributed by atoms with E-state index in [-0.39, 0.29) is 46.3 Å². The van der Waals surface area contributed by atoms with E-state index in [1.807, 2.05) is 0 Å². The summed E-state index contributed by atoms with van der Waals surface area (Å²) in [5.74, 6) is -0.874. The fourth-order valence-corrected chi connectivity index (χ4v) is 4.22. The van der Waals surface area contributed by atoms with Gasteiger partial charge in [-0.1, -0.05) is 51.4 Å². The molecule has 0 aliphatic heterocycles. The lowest BCUT2D eigenvalue weighted by atomic mass is 10.00. The summed E-state index contributed by atoms with van der Waals surface area (Å²) in [6, 6.07) is 6.60. The van der Waals surface area contributed by atoms with Crippen LogP contribution in [0.5, 0.6) is 23.0 Å². The first kappa shape index (κ1) is 25.4. The van der Waals surface area contributed by atoms with E-state index in [1.54, 1.807) is 0 Å². The highest BCUT2D eigenvalue weighted by molar-refractivity contribution is 5.88. The molecular formula is C27H34O7. The van der Waals surface area contributed by atoms with Gasteiger partial charge in [0.1, 0.15) is 28.2 Å². The maximum absolute atomic E-state index is 12.7. The Kier molecular flexibility index (Phi) is 9.22. The molecule has 1 aromatic heterocycles. The number of phenols is 4. The number of aliphatic hydroxyl groups is 1. The number of rotatable bonds is 13. The van der Waals surface area contributed by atoms with Crippen LogP contribution in [-0.4, -0.2) is 32.1 Å². The number of hydrogen-bond donors (Lipinski definition) is 5. The van der Waals surface area contributed by atoms with Crippen LogP contribution in [0.15, 0.2) is 39.5 Å². The summed E-state index contributed by atoms with van der Waals surface area (Å²) in [7, 11) is 0. The van der Waals surface area contributed by atoms with Gasteiger partial charge < -0.3 is 29.9 Å². The Balaban J connectivity index is 1.60. The SMILES string of the molecule is O=c1cc(-c2ccc(O)c(O)c2)oc2cc(O)c(CCCCCCCCCCCCO)c(O)c12. The zero-order valence-corrected chi connectivity index (χ0v) is 19.4. The molecule has 5 N–H and O–H groups in total. The van der Waals surface area contributed by atoms with Gasteiger partial charge in [0.25, 0.3) is 0 Å². The molecule has 184 valence electrons. The third-order valence-electron chi connectivity index (χ3n) is 6.17. The third kappa shape index (κ3) is 6.44. The number of aliphatic hydroxyl groups excluding tert-OH is 1. The lowest BCUT2D eigenvalue weighted by molar-refractivity contribution is 0.282. The minimum atomic E-state index is -0.457. The summed E-state index contributed by atoms with van der Waals surface area (Å²) in [5.41, 5.74) is 0.315. The average molecular weight is 471 g/mol. The summed E-state index contributed by atoms with van der Waals surface area (Å²) in [6.07, 6.45) is 11.2. The Morgan fingerprint density at radius 2 is 1.29 bits per heavy atom. The molecular weight excluding hydrogens is 436 g/mol. The molecule has 0 radical (unpaired) electrons. The van der Waals surface area contributed by atoms with Crippen molar-refractivity contribution < 1.29 is 29.9 Å². The molecule has 34 heavy (non-hydrogen) atoms. The van der Waals surface area contributed by atoms with E-state index in [4.69, 9.17) is 9.52 Å². The first-order valence-corrected chi connectivity index (χ1v) is 12.1. The van der Waals surface area contributed by atoms with Gasteiger partial charge in [-0.3, -0.25) is 4.79 Å². The summed E-state index contributed by atoms with van der Waals surface area (Å²) < 4.78 is 5.73. The Labute approximate surface area is 198 Å². The number of hydrogen-bond acceptors (Lipinski definition) is 7. The molecule has 0 aliphatic carbocycles. The molecule has 0 saturated carbocycles. The van der Waals surface area contributed by atoms with Crippen molar-refractivity contribution in [2.45, 2.75) is 70.6 Å². The molecule has 3 aromatic rings. The largest absolute Gasteiger partial charge is 0.507 e. The van der Waals surface area contributed by atoms with Crippen LogP contribution < -0.4 is 5.43 Å². The number of phenolic OH excluding ortho intramolecular Hbond substituents is 4. The summed E-state index contributed by atoms with van der Waals surface area (Å²) >= 11 is 0. The van der Waals surface area contributed by atoms with Crippen molar-refractivity contribution in [3.63, 3.8) is 0 Å². The van der Waals surface area contributed by atoms with Crippen LogP contribution in [0.1, 0.15) is 69.8 Å². The highest BCUT2D eigenvalue weighted by atomic mass is 16.3. The Hall–Kier alpha value is -3.19. The van der Waals surface area contributed by atoms with Crippen LogP contribution >= 0.6 is 0 Å². The van der Waals surface area contributed by atoms with E-state index in [9.17, 15) is 25.2 Å². The first-order valence-electron chi connectivity index (χ1n) is 12.1. The van der Waals surface area contributed by atoms with Gasteiger partial charge in [-0.2, -0.15) is 0 Å². The molecule has 1 heterocycles. The fraction of sp³-hybridized carbons (Fsp3) is 0.444. The summed E-state index contributed by atoms with van der Waals surface area (Å²) in [4.78, 5) is 12.7. The summed E-state index contributed by atoms with van der Waals surface area (Å²) in [5, 5.41) is 49.2. The highest BCUT2D eigenvalue weighted by Gasteiger charge is 2.18. The molecule has 7 nitrogen and oxygen atoms in total. The van der Waals surface area contributed by atoms with Crippen molar-refractivity contribution in [2.75, 3.05) is 6.61 Å². The number of fused-ring (bicyclic) bond motifs is 1. The molecule has 0 unspecified atom stereocenters. The second-order valence-electron chi connectivity index (χ2n) is 8.78. The standard InChI is InChI=1S/C27H34O7/c28-14-10-8-6-4-2-1-3-5-7-9-11-19-21(30)16-25-26(27(19)33)23(32)17-24(34-25)18-12-13-20(29)22(31)15-18/h12-13,15-17,28-31,33H,1-11,14H2. The van der Waals surface area contributed by atoms with Gasteiger partial charge in [-0.15, -0.1) is 0 Å². The molecule has 7 heteroatoms. The van der Waals surface area contributed by atoms with Gasteiger partial charge >= 0.3 is 0 Å². The monoisotopic (exact) mass is 470 g/mol. The molecule has 0 amide bonds. The van der Waals surface area contributed by atoms with E-state index in [1.165, 1.54) is 56.0 Å². The fourth-order valence-electron chi connectivity index (χ4n) is 4.22. The molecule has 3 rings (SSSR count). The predicted molar refractivity (Wildman–Crippen MR) is 132 cm³/mol. The van der Waals surface area contributed by atoms with E-state index in [0.29, 0.717) is 17.5 Å². The van der Waals surface area contributed by atoms with Gasteiger partial charge in [0.15, 0.2) is 16.9 Å². The van der Waals surface area contributed by atoms with Gasteiger partial charge in [0.2, 0.25) is 0 Å². The second-order valence-corrected chi connectivity index (χ2v) is 8.78. The lowest BCUT2D eigenvalue weighted by Crippen LogP contribution is -2.02. The third-order valence-corrected chi connectivity index (χ3v) is 6.17. The van der Waals surface area contributed by atoms with Gasteiger partial charge in [-0.25, -0.2) is 0 Å². The molecule has 0 atom stereocenters. The molecule has 0 aliphatic rings. The lowest BCUT2D eigenvalue weighted by Gasteiger charge is -2.11. The smallest absolute Gasteiger partial charge is 0.197 e. The van der Waals surface area contributed by atoms with Crippen LogP contribution in [0, 0.1) is 0 Å². The van der Waals surface area contributed by atoms with Gasteiger partial charge in [0, 0.05) is 29.9 Å². The van der Waals surface area contributed by atoms with Crippen LogP contribution in [-0.2, 0) is 6.42 Å². The van der Waals surface area contributed by atoms with Crippen molar-refractivity contribution in [2.24, 2.45) is 0 Å². The zero-order chi connectivity index (χ0) is 24.5. The van der Waals surface area contributed by atoms with Crippen LogP contribution in [0.3, 0.4) is 0 Å². The molecule has 0 fully saturated rings. The van der Waals surface area contributed by atoms with Gasteiger partial charge in [-0.05, 0) is 37.5 Å². The quantitative estimate of drug-likeness (QED) is 0.159. The maximum atomic E-state index is 12.7. The van der Waals surface area contributed by atoms with Crippen LogP contribution in [0.2, 0.25) is 0 Å². The normalized spacial score (nSPS) is 11.3. The Morgan fingerprint density at radius 3 is 1.91 bits per heavy atom. The van der Waals surface area contributed by atoms with Crippen molar-refractivity contribution in [1.29, 1.82) is 0 Å². The van der Waals surface area contributed by atoms with E-state index in [0.717, 1.165) is 38.5 Å². The number of benzene rings is 2. The topological polar surface area (TPSA) is 131 Å². The second kappa shape index (κ2) is 12.3. The molecule has 0 bridgehead atoms. The number of unbranched alkanes of at least 4 members (excludes halogenated alkanes) is 9. The van der Waals surface area contributed by atoms with Crippen molar-refractivity contribution in [3.05, 3.63) is 46.1 Å². The summed E-state index contributed by atoms with van der Waals surface area (Å²) in [6.45, 7) is 0.277. The van der Waals surface area contributed by atoms with E-state index >= 15 is 0 Å². The van der Waals surface area contributed by atoms with E-state index in [2.05, 4.69) is 0 Å². The van der Waals surface area contributed by atoms with Crippen molar-refractivity contribution in [3.8, 4) is 34.3 Å². The zero-order valence-electron chi connectivity index (χ0n) is 19.4. The maximum Gasteiger partial charge on any atom is 0.197 e. The van der Waals surface area contributed by atoms with Crippen LogP contribution in [0.4, 0.5) is 0 Å². The average Bonchev–Trinajstić information content (AvgIpc) is 2.80. The number of aromatic hydroxyl groups is 4. The van der Waals surface area contributed by atoms with E-state index < -0.39 is 5.43 Å². The highest BCUT2D eigenvalue weighted by Crippen LogP contribution is 2.37. The minimum absolute atomic E-state index is 0.0146. The van der Waals surface area contributed by atoms with Crippen molar-refractivity contribution >= 4 is 11.0 Å². The first-order chi connectivity index (χ1) is 16.4. The molecule has 0 spiro atoms. The van der Waals surface area contributed by atoms with Crippen molar-refractivity contribution in [1.82, 2.24) is 0 Å². The Bertz CT molecular complexity index is 1150. The van der Waals surface area contributed by atoms with Crippen LogP contribution in [0.25, 0.3) is 22.3 Å². The minimum Gasteiger partial charge on any atom is -0.507 e.